The second-order valence-corrected chi connectivity index (χ2v) is 6.99. The summed E-state index contributed by atoms with van der Waals surface area (Å²) in [6.45, 7) is 0.427. The Labute approximate surface area is 150 Å². The number of likely N-dealkylation sites (N-methyl/N-ethyl adjacent to an activating group) is 1. The van der Waals surface area contributed by atoms with E-state index < -0.39 is 0 Å². The summed E-state index contributed by atoms with van der Waals surface area (Å²) in [6, 6.07) is 9.09. The fourth-order valence-corrected chi connectivity index (χ4v) is 3.40. The van der Waals surface area contributed by atoms with Gasteiger partial charge in [-0.05, 0) is 43.7 Å². The summed E-state index contributed by atoms with van der Waals surface area (Å²) in [5, 5.41) is 5.82. The Balaban J connectivity index is 1.84. The van der Waals surface area contributed by atoms with Gasteiger partial charge in [0.15, 0.2) is 6.61 Å². The molecule has 124 valence electrons. The lowest BCUT2D eigenvalue weighted by Gasteiger charge is -2.23. The standard InChI is InChI=1S/C16H18Cl2N2O2S/c1-20(2)13(15-4-3-7-23-15)9-19-16(21)10-22-14-6-5-11(17)8-12(14)18/h3-8,13H,9-10H2,1-2H3,(H,19,21)/t13-/m0/s1. The first-order valence-electron chi connectivity index (χ1n) is 7.01. The molecule has 1 aromatic carbocycles. The number of hydrogen-bond donors (Lipinski definition) is 1. The topological polar surface area (TPSA) is 41.6 Å². The number of thiophene rings is 1. The van der Waals surface area contributed by atoms with E-state index in [4.69, 9.17) is 27.9 Å². The first-order valence-corrected chi connectivity index (χ1v) is 8.65. The van der Waals surface area contributed by atoms with Crippen LogP contribution in [0.4, 0.5) is 0 Å². The minimum absolute atomic E-state index is 0.0913. The summed E-state index contributed by atoms with van der Waals surface area (Å²) in [6.07, 6.45) is 0. The fraction of sp³-hybridized carbons (Fsp3) is 0.312. The zero-order valence-corrected chi connectivity index (χ0v) is 15.2. The molecule has 1 amide bonds. The molecule has 0 spiro atoms. The Kier molecular flexibility index (Phi) is 6.72. The molecular weight excluding hydrogens is 355 g/mol. The van der Waals surface area contributed by atoms with E-state index in [9.17, 15) is 4.79 Å². The van der Waals surface area contributed by atoms with Crippen molar-refractivity contribution in [1.82, 2.24) is 10.2 Å². The summed E-state index contributed by atoms with van der Waals surface area (Å²) in [5.41, 5.74) is 0. The fourth-order valence-electron chi connectivity index (χ4n) is 2.02. The maximum absolute atomic E-state index is 12.0. The number of nitrogens with zero attached hydrogens (tertiary/aromatic N) is 1. The van der Waals surface area contributed by atoms with Crippen molar-refractivity contribution in [2.45, 2.75) is 6.04 Å². The van der Waals surface area contributed by atoms with Gasteiger partial charge in [-0.3, -0.25) is 4.79 Å². The summed E-state index contributed by atoms with van der Waals surface area (Å²) < 4.78 is 5.42. The number of nitrogens with one attached hydrogen (secondary N) is 1. The lowest BCUT2D eigenvalue weighted by atomic mass is 10.2. The minimum Gasteiger partial charge on any atom is -0.482 e. The first kappa shape index (κ1) is 18.1. The molecule has 2 rings (SSSR count). The van der Waals surface area contributed by atoms with Crippen LogP contribution in [-0.4, -0.2) is 38.1 Å². The van der Waals surface area contributed by atoms with Crippen LogP contribution in [0.25, 0.3) is 0 Å². The van der Waals surface area contributed by atoms with Gasteiger partial charge in [0.05, 0.1) is 11.1 Å². The summed E-state index contributed by atoms with van der Waals surface area (Å²) in [5.74, 6) is 0.244. The second-order valence-electron chi connectivity index (χ2n) is 5.16. The molecule has 2 aromatic rings. The summed E-state index contributed by atoms with van der Waals surface area (Å²) in [7, 11) is 3.97. The van der Waals surface area contributed by atoms with Crippen molar-refractivity contribution in [2.24, 2.45) is 0 Å². The van der Waals surface area contributed by atoms with Crippen molar-refractivity contribution >= 4 is 40.4 Å². The largest absolute Gasteiger partial charge is 0.482 e. The molecule has 0 bridgehead atoms. The van der Waals surface area contributed by atoms with Crippen molar-refractivity contribution in [3.63, 3.8) is 0 Å². The molecule has 0 saturated carbocycles. The van der Waals surface area contributed by atoms with E-state index >= 15 is 0 Å². The minimum atomic E-state index is -0.195. The van der Waals surface area contributed by atoms with Gasteiger partial charge in [-0.1, -0.05) is 29.3 Å². The van der Waals surface area contributed by atoms with E-state index in [0.29, 0.717) is 22.3 Å². The predicted octanol–water partition coefficient (Wildman–Crippen LogP) is 3.85. The molecule has 1 heterocycles. The highest BCUT2D eigenvalue weighted by Gasteiger charge is 2.16. The Morgan fingerprint density at radius 2 is 2.13 bits per heavy atom. The highest BCUT2D eigenvalue weighted by Crippen LogP contribution is 2.27. The quantitative estimate of drug-likeness (QED) is 0.802. The van der Waals surface area contributed by atoms with Crippen molar-refractivity contribution in [1.29, 1.82) is 0 Å². The smallest absolute Gasteiger partial charge is 0.258 e. The van der Waals surface area contributed by atoms with Gasteiger partial charge >= 0.3 is 0 Å². The first-order chi connectivity index (χ1) is 11.0. The third-order valence-electron chi connectivity index (χ3n) is 3.24. The molecule has 1 aromatic heterocycles. The van der Waals surface area contributed by atoms with Crippen LogP contribution in [-0.2, 0) is 4.79 Å². The van der Waals surface area contributed by atoms with Crippen molar-refractivity contribution < 1.29 is 9.53 Å². The van der Waals surface area contributed by atoms with Gasteiger partial charge in [-0.25, -0.2) is 0 Å². The molecule has 1 atom stereocenters. The second kappa shape index (κ2) is 8.55. The van der Waals surface area contributed by atoms with E-state index in [1.165, 1.54) is 4.88 Å². The molecule has 0 aliphatic heterocycles. The monoisotopic (exact) mass is 372 g/mol. The van der Waals surface area contributed by atoms with E-state index in [0.717, 1.165) is 0 Å². The number of rotatable bonds is 7. The normalized spacial score (nSPS) is 12.2. The molecule has 0 radical (unpaired) electrons. The molecule has 0 aliphatic carbocycles. The van der Waals surface area contributed by atoms with Crippen LogP contribution >= 0.6 is 34.5 Å². The van der Waals surface area contributed by atoms with E-state index in [2.05, 4.69) is 16.3 Å². The van der Waals surface area contributed by atoms with E-state index in [1.807, 2.05) is 25.5 Å². The number of carbonyl (C=O) groups excluding carboxylic acids is 1. The SMILES string of the molecule is CN(C)[C@@H](CNC(=O)COc1ccc(Cl)cc1Cl)c1cccs1. The Hall–Kier alpha value is -1.27. The highest BCUT2D eigenvalue weighted by atomic mass is 35.5. The van der Waals surface area contributed by atoms with Crippen LogP contribution in [0.3, 0.4) is 0 Å². The lowest BCUT2D eigenvalue weighted by molar-refractivity contribution is -0.123. The van der Waals surface area contributed by atoms with Crippen LogP contribution in [0.1, 0.15) is 10.9 Å². The molecule has 1 N–H and O–H groups in total. The van der Waals surface area contributed by atoms with Crippen molar-refractivity contribution in [3.8, 4) is 5.75 Å². The molecule has 23 heavy (non-hydrogen) atoms. The van der Waals surface area contributed by atoms with E-state index in [1.54, 1.807) is 29.5 Å². The molecule has 0 fully saturated rings. The molecule has 0 aliphatic rings. The average Bonchev–Trinajstić information content (AvgIpc) is 3.00. The van der Waals surface area contributed by atoms with Crippen LogP contribution in [0, 0.1) is 0 Å². The highest BCUT2D eigenvalue weighted by molar-refractivity contribution is 7.10. The van der Waals surface area contributed by atoms with Crippen LogP contribution in [0.15, 0.2) is 35.7 Å². The van der Waals surface area contributed by atoms with Gasteiger partial charge in [-0.2, -0.15) is 0 Å². The Morgan fingerprint density at radius 1 is 1.35 bits per heavy atom. The van der Waals surface area contributed by atoms with Crippen LogP contribution in [0.5, 0.6) is 5.75 Å². The molecule has 0 unspecified atom stereocenters. The van der Waals surface area contributed by atoms with Gasteiger partial charge in [0.2, 0.25) is 0 Å². The van der Waals surface area contributed by atoms with Gasteiger partial charge < -0.3 is 15.0 Å². The van der Waals surface area contributed by atoms with Crippen LogP contribution in [0.2, 0.25) is 10.0 Å². The Bertz CT molecular complexity index is 648. The van der Waals surface area contributed by atoms with Gasteiger partial charge in [0.1, 0.15) is 5.75 Å². The average molecular weight is 373 g/mol. The van der Waals surface area contributed by atoms with E-state index in [-0.39, 0.29) is 18.6 Å². The maximum atomic E-state index is 12.0. The lowest BCUT2D eigenvalue weighted by Crippen LogP contribution is -2.36. The molecule has 7 heteroatoms. The number of benzene rings is 1. The number of amides is 1. The third kappa shape index (κ3) is 5.39. The Morgan fingerprint density at radius 3 is 2.74 bits per heavy atom. The summed E-state index contributed by atoms with van der Waals surface area (Å²) in [4.78, 5) is 15.2. The maximum Gasteiger partial charge on any atom is 0.258 e. The molecule has 4 nitrogen and oxygen atoms in total. The number of hydrogen-bond acceptors (Lipinski definition) is 4. The molecular formula is C16H18Cl2N2O2S. The molecule has 0 saturated heterocycles. The van der Waals surface area contributed by atoms with Crippen molar-refractivity contribution in [3.05, 3.63) is 50.6 Å². The number of carbonyl (C=O) groups is 1. The van der Waals surface area contributed by atoms with Crippen LogP contribution < -0.4 is 10.1 Å². The van der Waals surface area contributed by atoms with Gasteiger partial charge in [-0.15, -0.1) is 11.3 Å². The van der Waals surface area contributed by atoms with Crippen molar-refractivity contribution in [2.75, 3.05) is 27.2 Å². The number of halogens is 2. The summed E-state index contributed by atoms with van der Waals surface area (Å²) >= 11 is 13.5. The number of ether oxygens (including phenoxy) is 1. The van der Waals surface area contributed by atoms with Gasteiger partial charge in [0, 0.05) is 16.4 Å². The zero-order chi connectivity index (χ0) is 16.8. The zero-order valence-electron chi connectivity index (χ0n) is 12.9. The van der Waals surface area contributed by atoms with Gasteiger partial charge in [0.25, 0.3) is 5.91 Å². The third-order valence-corrected chi connectivity index (χ3v) is 4.74. The predicted molar refractivity (Wildman–Crippen MR) is 95.7 cm³/mol.